The minimum Gasteiger partial charge on any atom is -0.490 e. The largest absolute Gasteiger partial charge is 0.490 e. The summed E-state index contributed by atoms with van der Waals surface area (Å²) in [6.07, 6.45) is 0.792. The Morgan fingerprint density at radius 2 is 1.66 bits per heavy atom. The number of benzene rings is 2. The summed E-state index contributed by atoms with van der Waals surface area (Å²) in [6, 6.07) is 10.1. The van der Waals surface area contributed by atoms with Crippen LogP contribution in [0.25, 0.3) is 0 Å². The molecule has 35 heavy (non-hydrogen) atoms. The van der Waals surface area contributed by atoms with E-state index in [1.165, 1.54) is 0 Å². The van der Waals surface area contributed by atoms with Crippen LogP contribution in [0.15, 0.2) is 36.4 Å². The highest BCUT2D eigenvalue weighted by molar-refractivity contribution is 6.01. The number of carbonyl (C=O) groups excluding carboxylic acids is 2. The van der Waals surface area contributed by atoms with Crippen LogP contribution < -0.4 is 34.9 Å². The Morgan fingerprint density at radius 1 is 0.943 bits per heavy atom. The minimum atomic E-state index is -0.618. The Hall–Kier alpha value is -3.46. The van der Waals surface area contributed by atoms with Gasteiger partial charge in [-0.3, -0.25) is 10.1 Å². The monoisotopic (exact) mass is 485 g/mol. The number of rotatable bonds is 10. The summed E-state index contributed by atoms with van der Waals surface area (Å²) in [6.45, 7) is 10.1. The molecule has 3 N–H and O–H groups in total. The number of fused-ring (bicyclic) bond motifs is 1. The minimum absolute atomic E-state index is 0.0331. The van der Waals surface area contributed by atoms with Crippen molar-refractivity contribution < 1.29 is 28.5 Å². The molecule has 0 radical (unpaired) electrons. The molecule has 0 fully saturated rings. The first-order valence-corrected chi connectivity index (χ1v) is 12.0. The maximum absolute atomic E-state index is 12.5. The molecule has 3 amide bonds. The van der Waals surface area contributed by atoms with Crippen LogP contribution >= 0.6 is 0 Å². The van der Waals surface area contributed by atoms with Crippen molar-refractivity contribution in [3.63, 3.8) is 0 Å². The van der Waals surface area contributed by atoms with Gasteiger partial charge in [0.25, 0.3) is 0 Å². The fourth-order valence-corrected chi connectivity index (χ4v) is 3.78. The standard InChI is InChI=1S/C26H35N3O6/c1-5-32-20-10-8-18(14-22(20)33-6-2)25(17(3)4)27-16-24(30)29-26(31)28-19-9-11-21-23(15-19)35-13-7-12-34-21/h8-11,14-15,17,25,27H,5-7,12-13,16H2,1-4H3,(H2,28,29,30,31)/t25-/m1/s1. The summed E-state index contributed by atoms with van der Waals surface area (Å²) in [4.78, 5) is 24.8. The second kappa shape index (κ2) is 12.9. The molecule has 3 rings (SSSR count). The van der Waals surface area contributed by atoms with E-state index in [9.17, 15) is 9.59 Å². The van der Waals surface area contributed by atoms with Crippen molar-refractivity contribution in [3.05, 3.63) is 42.0 Å². The van der Waals surface area contributed by atoms with Gasteiger partial charge in [0.2, 0.25) is 5.91 Å². The van der Waals surface area contributed by atoms with Crippen molar-refractivity contribution in [2.75, 3.05) is 38.3 Å². The van der Waals surface area contributed by atoms with E-state index in [0.717, 1.165) is 12.0 Å². The Labute approximate surface area is 206 Å². The van der Waals surface area contributed by atoms with Gasteiger partial charge in [-0.05, 0) is 49.6 Å². The lowest BCUT2D eigenvalue weighted by molar-refractivity contribution is -0.119. The highest BCUT2D eigenvalue weighted by Gasteiger charge is 2.20. The van der Waals surface area contributed by atoms with Crippen LogP contribution in [0.4, 0.5) is 10.5 Å². The number of hydrogen-bond acceptors (Lipinski definition) is 7. The molecule has 1 atom stereocenters. The first-order chi connectivity index (χ1) is 16.9. The number of amides is 3. The van der Waals surface area contributed by atoms with Crippen molar-refractivity contribution in [1.29, 1.82) is 0 Å². The van der Waals surface area contributed by atoms with Gasteiger partial charge >= 0.3 is 6.03 Å². The number of nitrogens with one attached hydrogen (secondary N) is 3. The smallest absolute Gasteiger partial charge is 0.325 e. The van der Waals surface area contributed by atoms with Gasteiger partial charge in [-0.2, -0.15) is 0 Å². The second-order valence-electron chi connectivity index (χ2n) is 8.39. The molecule has 1 heterocycles. The zero-order chi connectivity index (χ0) is 25.2. The Kier molecular flexibility index (Phi) is 9.60. The van der Waals surface area contributed by atoms with E-state index >= 15 is 0 Å². The molecule has 0 aliphatic carbocycles. The van der Waals surface area contributed by atoms with Gasteiger partial charge in [-0.15, -0.1) is 0 Å². The average Bonchev–Trinajstić information content (AvgIpc) is 3.06. The molecule has 2 aromatic rings. The molecule has 0 aromatic heterocycles. The van der Waals surface area contributed by atoms with Crippen molar-refractivity contribution in [3.8, 4) is 23.0 Å². The molecule has 1 aliphatic rings. The second-order valence-corrected chi connectivity index (χ2v) is 8.39. The molecule has 0 spiro atoms. The van der Waals surface area contributed by atoms with Gasteiger partial charge in [-0.25, -0.2) is 4.79 Å². The van der Waals surface area contributed by atoms with Crippen LogP contribution in [-0.2, 0) is 4.79 Å². The van der Waals surface area contributed by atoms with E-state index in [4.69, 9.17) is 18.9 Å². The predicted octanol–water partition coefficient (Wildman–Crippen LogP) is 4.28. The molecule has 0 bridgehead atoms. The molecule has 190 valence electrons. The normalized spacial score (nSPS) is 13.5. The van der Waals surface area contributed by atoms with Gasteiger partial charge < -0.3 is 29.6 Å². The quantitative estimate of drug-likeness (QED) is 0.461. The van der Waals surface area contributed by atoms with E-state index < -0.39 is 11.9 Å². The molecule has 2 aromatic carbocycles. The van der Waals surface area contributed by atoms with E-state index in [0.29, 0.717) is 55.1 Å². The van der Waals surface area contributed by atoms with Crippen molar-refractivity contribution in [2.24, 2.45) is 5.92 Å². The number of urea groups is 1. The van der Waals surface area contributed by atoms with Gasteiger partial charge in [0.05, 0.1) is 33.0 Å². The van der Waals surface area contributed by atoms with E-state index in [1.54, 1.807) is 18.2 Å². The van der Waals surface area contributed by atoms with E-state index in [2.05, 4.69) is 29.8 Å². The Morgan fingerprint density at radius 3 is 2.37 bits per heavy atom. The third-order valence-corrected chi connectivity index (χ3v) is 5.33. The van der Waals surface area contributed by atoms with Crippen LogP contribution in [0.5, 0.6) is 23.0 Å². The fourth-order valence-electron chi connectivity index (χ4n) is 3.78. The molecular formula is C26H35N3O6. The lowest BCUT2D eigenvalue weighted by atomic mass is 9.95. The SMILES string of the molecule is CCOc1ccc([C@H](NCC(=O)NC(=O)Nc2ccc3c(c2)OCCCO3)C(C)C)cc1OCC. The van der Waals surface area contributed by atoms with Crippen LogP contribution in [0, 0.1) is 5.92 Å². The third-order valence-electron chi connectivity index (χ3n) is 5.33. The maximum atomic E-state index is 12.5. The van der Waals surface area contributed by atoms with E-state index in [1.807, 2.05) is 32.0 Å². The zero-order valence-corrected chi connectivity index (χ0v) is 20.8. The summed E-state index contributed by atoms with van der Waals surface area (Å²) < 4.78 is 22.6. The number of imide groups is 1. The van der Waals surface area contributed by atoms with Crippen LogP contribution in [0.3, 0.4) is 0 Å². The summed E-state index contributed by atoms with van der Waals surface area (Å²) in [5.41, 5.74) is 1.47. The van der Waals surface area contributed by atoms with Crippen LogP contribution in [-0.4, -0.2) is 44.9 Å². The number of ether oxygens (including phenoxy) is 4. The number of hydrogen-bond donors (Lipinski definition) is 3. The average molecular weight is 486 g/mol. The molecule has 0 saturated carbocycles. The molecular weight excluding hydrogens is 450 g/mol. The molecule has 9 heteroatoms. The number of carbonyl (C=O) groups is 2. The fraction of sp³-hybridized carbons (Fsp3) is 0.462. The topological polar surface area (TPSA) is 107 Å². The van der Waals surface area contributed by atoms with Crippen molar-refractivity contribution >= 4 is 17.6 Å². The maximum Gasteiger partial charge on any atom is 0.325 e. The Balaban J connectivity index is 1.57. The Bertz CT molecular complexity index is 1010. The first-order valence-electron chi connectivity index (χ1n) is 12.0. The zero-order valence-electron chi connectivity index (χ0n) is 20.8. The van der Waals surface area contributed by atoms with Gasteiger partial charge in [0, 0.05) is 24.2 Å². The van der Waals surface area contributed by atoms with Gasteiger partial charge in [0.15, 0.2) is 23.0 Å². The summed E-state index contributed by atoms with van der Waals surface area (Å²) >= 11 is 0. The molecule has 0 saturated heterocycles. The summed E-state index contributed by atoms with van der Waals surface area (Å²) in [5, 5.41) is 8.26. The summed E-state index contributed by atoms with van der Waals surface area (Å²) in [5.74, 6) is 2.29. The summed E-state index contributed by atoms with van der Waals surface area (Å²) in [7, 11) is 0. The number of anilines is 1. The van der Waals surface area contributed by atoms with Crippen LogP contribution in [0.2, 0.25) is 0 Å². The highest BCUT2D eigenvalue weighted by Crippen LogP contribution is 2.33. The highest BCUT2D eigenvalue weighted by atomic mass is 16.5. The molecule has 1 aliphatic heterocycles. The predicted molar refractivity (Wildman–Crippen MR) is 134 cm³/mol. The lowest BCUT2D eigenvalue weighted by Gasteiger charge is -2.24. The van der Waals surface area contributed by atoms with E-state index in [-0.39, 0.29) is 18.5 Å². The van der Waals surface area contributed by atoms with Gasteiger partial charge in [0.1, 0.15) is 0 Å². The third kappa shape index (κ3) is 7.51. The molecule has 9 nitrogen and oxygen atoms in total. The lowest BCUT2D eigenvalue weighted by Crippen LogP contribution is -2.41. The van der Waals surface area contributed by atoms with Crippen molar-refractivity contribution in [2.45, 2.75) is 40.2 Å². The first kappa shape index (κ1) is 26.2. The van der Waals surface area contributed by atoms with Crippen LogP contribution in [0.1, 0.15) is 45.7 Å². The van der Waals surface area contributed by atoms with Crippen molar-refractivity contribution in [1.82, 2.24) is 10.6 Å². The van der Waals surface area contributed by atoms with Gasteiger partial charge in [-0.1, -0.05) is 19.9 Å². The molecule has 0 unspecified atom stereocenters.